The van der Waals surface area contributed by atoms with Crippen molar-refractivity contribution in [1.82, 2.24) is 0 Å². The van der Waals surface area contributed by atoms with Crippen molar-refractivity contribution in [3.05, 3.63) is 176 Å². The van der Waals surface area contributed by atoms with Crippen LogP contribution in [0.15, 0.2) is 180 Å². The van der Waals surface area contributed by atoms with Crippen LogP contribution in [0.4, 0.5) is 17.1 Å². The lowest BCUT2D eigenvalue weighted by Crippen LogP contribution is -2.12. The Morgan fingerprint density at radius 3 is 1.63 bits per heavy atom. The molecule has 0 aliphatic carbocycles. The maximum atomic E-state index is 6.28. The molecule has 0 atom stereocenters. The van der Waals surface area contributed by atoms with Crippen LogP contribution >= 0.6 is 0 Å². The molecule has 1 heterocycles. The van der Waals surface area contributed by atoms with E-state index < -0.39 is 0 Å². The predicted octanol–water partition coefficient (Wildman–Crippen LogP) is 12.7. The highest BCUT2D eigenvalue weighted by atomic mass is 16.3. The fraction of sp³-hybridized carbons (Fsp3) is 0. The van der Waals surface area contributed by atoms with Crippen LogP contribution in [0.3, 0.4) is 0 Å². The van der Waals surface area contributed by atoms with Gasteiger partial charge in [-0.3, -0.25) is 0 Å². The number of benzene rings is 8. The van der Waals surface area contributed by atoms with Gasteiger partial charge in [-0.05, 0) is 69.2 Å². The van der Waals surface area contributed by atoms with E-state index in [-0.39, 0.29) is 0 Å². The molecule has 0 radical (unpaired) electrons. The molecule has 8 aromatic carbocycles. The Hall–Kier alpha value is -6.12. The fourth-order valence-corrected chi connectivity index (χ4v) is 6.97. The van der Waals surface area contributed by atoms with E-state index in [1.807, 2.05) is 12.1 Å². The molecule has 0 bridgehead atoms. The van der Waals surface area contributed by atoms with Crippen LogP contribution in [0, 0.1) is 0 Å². The molecular weight excluding hydrogens is 558 g/mol. The number of hydrogen-bond donors (Lipinski definition) is 0. The van der Waals surface area contributed by atoms with Crippen molar-refractivity contribution in [2.75, 3.05) is 4.90 Å². The van der Waals surface area contributed by atoms with Crippen LogP contribution in [0.5, 0.6) is 0 Å². The number of fused-ring (bicyclic) bond motifs is 6. The molecule has 0 N–H and O–H groups in total. The third-order valence-corrected chi connectivity index (χ3v) is 9.02. The van der Waals surface area contributed by atoms with E-state index in [2.05, 4.69) is 169 Å². The summed E-state index contributed by atoms with van der Waals surface area (Å²) in [7, 11) is 0. The second-order valence-corrected chi connectivity index (χ2v) is 11.7. The fourth-order valence-electron chi connectivity index (χ4n) is 6.97. The minimum absolute atomic E-state index is 0.884. The number of rotatable bonds is 5. The molecule has 0 amide bonds. The van der Waals surface area contributed by atoms with Gasteiger partial charge in [0.05, 0.1) is 5.69 Å². The van der Waals surface area contributed by atoms with Gasteiger partial charge in [0, 0.05) is 33.1 Å². The number of hydrogen-bond acceptors (Lipinski definition) is 2. The zero-order valence-corrected chi connectivity index (χ0v) is 25.1. The Morgan fingerprint density at radius 2 is 0.870 bits per heavy atom. The van der Waals surface area contributed by atoms with E-state index in [0.717, 1.165) is 39.0 Å². The molecule has 0 aliphatic heterocycles. The van der Waals surface area contributed by atoms with E-state index in [9.17, 15) is 0 Å². The molecule has 0 saturated heterocycles. The summed E-state index contributed by atoms with van der Waals surface area (Å²) in [6.07, 6.45) is 0. The van der Waals surface area contributed by atoms with Gasteiger partial charge in [-0.2, -0.15) is 0 Å². The monoisotopic (exact) mass is 587 g/mol. The van der Waals surface area contributed by atoms with Crippen molar-refractivity contribution in [1.29, 1.82) is 0 Å². The first-order chi connectivity index (χ1) is 22.8. The van der Waals surface area contributed by atoms with Gasteiger partial charge in [-0.15, -0.1) is 0 Å². The minimum atomic E-state index is 0.884. The van der Waals surface area contributed by atoms with Crippen LogP contribution in [0.2, 0.25) is 0 Å². The van der Waals surface area contributed by atoms with Crippen molar-refractivity contribution in [2.24, 2.45) is 0 Å². The summed E-state index contributed by atoms with van der Waals surface area (Å²) in [4.78, 5) is 2.45. The molecule has 9 aromatic rings. The third kappa shape index (κ3) is 4.27. The van der Waals surface area contributed by atoms with Crippen LogP contribution in [0.1, 0.15) is 0 Å². The second kappa shape index (κ2) is 10.8. The summed E-state index contributed by atoms with van der Waals surface area (Å²) in [6, 6.07) is 62.8. The predicted molar refractivity (Wildman–Crippen MR) is 194 cm³/mol. The number of furan rings is 1. The van der Waals surface area contributed by atoms with Gasteiger partial charge in [0.15, 0.2) is 0 Å². The van der Waals surface area contributed by atoms with E-state index in [4.69, 9.17) is 4.42 Å². The molecule has 2 nitrogen and oxygen atoms in total. The molecule has 0 unspecified atom stereocenters. The quantitative estimate of drug-likeness (QED) is 0.186. The van der Waals surface area contributed by atoms with E-state index >= 15 is 0 Å². The molecule has 0 fully saturated rings. The lowest BCUT2D eigenvalue weighted by atomic mass is 9.90. The van der Waals surface area contributed by atoms with Gasteiger partial charge in [0.25, 0.3) is 0 Å². The maximum absolute atomic E-state index is 6.28. The summed E-state index contributed by atoms with van der Waals surface area (Å²) in [5, 5.41) is 7.11. The van der Waals surface area contributed by atoms with Crippen molar-refractivity contribution in [2.45, 2.75) is 0 Å². The van der Waals surface area contributed by atoms with Crippen LogP contribution < -0.4 is 4.90 Å². The zero-order valence-electron chi connectivity index (χ0n) is 25.1. The number of anilines is 3. The maximum Gasteiger partial charge on any atom is 0.135 e. The highest BCUT2D eigenvalue weighted by Crippen LogP contribution is 2.50. The summed E-state index contributed by atoms with van der Waals surface area (Å²) >= 11 is 0. The van der Waals surface area contributed by atoms with E-state index in [1.54, 1.807) is 0 Å². The lowest BCUT2D eigenvalue weighted by Gasteiger charge is -2.31. The molecule has 46 heavy (non-hydrogen) atoms. The number of para-hydroxylation sites is 1. The Kier molecular flexibility index (Phi) is 6.17. The van der Waals surface area contributed by atoms with Crippen molar-refractivity contribution in [3.8, 4) is 22.3 Å². The Bertz CT molecular complexity index is 2530. The topological polar surface area (TPSA) is 16.4 Å². The standard InChI is InChI=1S/C44H29NO/c1-3-14-30(15-4-1)32-18-13-19-33(28-32)45(34-26-27-42-40(29-34)37-22-11-12-25-41(37)46-42)44-39-24-10-8-21-36(39)35-20-7-9-23-38(35)43(44)31-16-5-2-6-17-31/h1-29H. The molecule has 0 saturated carbocycles. The van der Waals surface area contributed by atoms with Gasteiger partial charge < -0.3 is 9.32 Å². The highest BCUT2D eigenvalue weighted by molar-refractivity contribution is 6.22. The molecule has 2 heteroatoms. The molecular formula is C44H29NO. The summed E-state index contributed by atoms with van der Waals surface area (Å²) in [5.74, 6) is 0. The van der Waals surface area contributed by atoms with Crippen LogP contribution in [-0.4, -0.2) is 0 Å². The van der Waals surface area contributed by atoms with Gasteiger partial charge >= 0.3 is 0 Å². The molecule has 1 aromatic heterocycles. The third-order valence-electron chi connectivity index (χ3n) is 9.02. The Morgan fingerprint density at radius 1 is 0.326 bits per heavy atom. The average Bonchev–Trinajstić information content (AvgIpc) is 3.51. The van der Waals surface area contributed by atoms with E-state index in [1.165, 1.54) is 43.8 Å². The molecule has 0 aliphatic rings. The van der Waals surface area contributed by atoms with Crippen molar-refractivity contribution in [3.63, 3.8) is 0 Å². The minimum Gasteiger partial charge on any atom is -0.456 e. The zero-order chi connectivity index (χ0) is 30.5. The normalized spacial score (nSPS) is 11.5. The first-order valence-corrected chi connectivity index (χ1v) is 15.7. The van der Waals surface area contributed by atoms with Crippen molar-refractivity contribution >= 4 is 60.5 Å². The SMILES string of the molecule is c1ccc(-c2cccc(N(c3ccc4oc5ccccc5c4c3)c3c(-c4ccccc4)c4ccccc4c4ccccc34)c2)cc1. The van der Waals surface area contributed by atoms with Gasteiger partial charge in [-0.25, -0.2) is 0 Å². The average molecular weight is 588 g/mol. The first-order valence-electron chi connectivity index (χ1n) is 15.7. The Balaban J connectivity index is 1.43. The molecule has 216 valence electrons. The second-order valence-electron chi connectivity index (χ2n) is 11.7. The van der Waals surface area contributed by atoms with Gasteiger partial charge in [-0.1, -0.05) is 140 Å². The smallest absolute Gasteiger partial charge is 0.135 e. The van der Waals surface area contributed by atoms with E-state index in [0.29, 0.717) is 0 Å². The summed E-state index contributed by atoms with van der Waals surface area (Å²) in [5.41, 5.74) is 9.83. The highest BCUT2D eigenvalue weighted by Gasteiger charge is 2.24. The molecule has 0 spiro atoms. The van der Waals surface area contributed by atoms with Crippen LogP contribution in [0.25, 0.3) is 65.7 Å². The lowest BCUT2D eigenvalue weighted by molar-refractivity contribution is 0.669. The van der Waals surface area contributed by atoms with Gasteiger partial charge in [0.1, 0.15) is 11.2 Å². The van der Waals surface area contributed by atoms with Crippen LogP contribution in [-0.2, 0) is 0 Å². The number of nitrogens with zero attached hydrogens (tertiary/aromatic N) is 1. The summed E-state index contributed by atoms with van der Waals surface area (Å²) in [6.45, 7) is 0. The molecule has 9 rings (SSSR count). The first kappa shape index (κ1) is 26.3. The Labute approximate surface area is 267 Å². The van der Waals surface area contributed by atoms with Gasteiger partial charge in [0.2, 0.25) is 0 Å². The van der Waals surface area contributed by atoms with Crippen molar-refractivity contribution < 1.29 is 4.42 Å². The largest absolute Gasteiger partial charge is 0.456 e. The summed E-state index contributed by atoms with van der Waals surface area (Å²) < 4.78 is 6.28.